The molecular weight excluding hydrogens is 320 g/mol. The van der Waals surface area contributed by atoms with Gasteiger partial charge in [0.2, 0.25) is 0 Å². The topological polar surface area (TPSA) is 76.4 Å². The van der Waals surface area contributed by atoms with Gasteiger partial charge in [-0.05, 0) is 30.3 Å². The van der Waals surface area contributed by atoms with Crippen LogP contribution in [0.1, 0.15) is 5.56 Å². The molecule has 0 radical (unpaired) electrons. The fourth-order valence-electron chi connectivity index (χ4n) is 2.13. The molecule has 1 aromatic heterocycles. The van der Waals surface area contributed by atoms with Crippen molar-refractivity contribution in [3.05, 3.63) is 58.8 Å². The summed E-state index contributed by atoms with van der Waals surface area (Å²) in [7, 11) is 0. The Labute approximate surface area is 123 Å². The Kier molecular flexibility index (Phi) is 3.15. The van der Waals surface area contributed by atoms with Crippen molar-refractivity contribution in [1.29, 1.82) is 0 Å². The van der Waals surface area contributed by atoms with Gasteiger partial charge in [-0.25, -0.2) is 4.98 Å². The summed E-state index contributed by atoms with van der Waals surface area (Å²) in [6, 6.07) is 13.4. The zero-order valence-electron chi connectivity index (χ0n) is 10.4. The van der Waals surface area contributed by atoms with Gasteiger partial charge in [-0.1, -0.05) is 33.2 Å². The summed E-state index contributed by atoms with van der Waals surface area (Å²) in [5.74, 6) is 0.0547. The number of nitrogens with two attached hydrogens (primary N) is 1. The van der Waals surface area contributed by atoms with E-state index in [9.17, 15) is 0 Å². The number of benzene rings is 2. The van der Waals surface area contributed by atoms with E-state index in [1.807, 2.05) is 41.0 Å². The predicted molar refractivity (Wildman–Crippen MR) is 81.3 cm³/mol. The maximum absolute atomic E-state index is 8.94. The van der Waals surface area contributed by atoms with E-state index < -0.39 is 0 Å². The van der Waals surface area contributed by atoms with Crippen molar-refractivity contribution in [3.8, 4) is 5.69 Å². The Morgan fingerprint density at radius 2 is 2.05 bits per heavy atom. The molecule has 0 aliphatic carbocycles. The minimum atomic E-state index is 0.0547. The fraction of sp³-hybridized carbons (Fsp3) is 0. The molecule has 0 aliphatic heterocycles. The number of aromatic nitrogens is 2. The summed E-state index contributed by atoms with van der Waals surface area (Å²) in [6.07, 6.45) is 1.72. The number of nitrogens with zero attached hydrogens (tertiary/aromatic N) is 3. The Morgan fingerprint density at radius 3 is 2.85 bits per heavy atom. The lowest BCUT2D eigenvalue weighted by Crippen LogP contribution is -2.16. The highest BCUT2D eigenvalue weighted by atomic mass is 79.9. The van der Waals surface area contributed by atoms with Gasteiger partial charge in [0.05, 0.1) is 16.7 Å². The molecule has 3 aromatic rings. The van der Waals surface area contributed by atoms with Gasteiger partial charge in [0.25, 0.3) is 0 Å². The van der Waals surface area contributed by atoms with Crippen molar-refractivity contribution >= 4 is 32.8 Å². The predicted octanol–water partition coefficient (Wildman–Crippen LogP) is 2.88. The first-order valence-electron chi connectivity index (χ1n) is 5.90. The summed E-state index contributed by atoms with van der Waals surface area (Å²) < 4.78 is 2.77. The van der Waals surface area contributed by atoms with Crippen molar-refractivity contribution in [1.82, 2.24) is 9.55 Å². The smallest absolute Gasteiger partial charge is 0.172 e. The molecule has 3 N–H and O–H groups in total. The molecule has 0 unspecified atom stereocenters. The highest BCUT2D eigenvalue weighted by Crippen LogP contribution is 2.24. The van der Waals surface area contributed by atoms with Crippen molar-refractivity contribution in [2.24, 2.45) is 10.9 Å². The van der Waals surface area contributed by atoms with Crippen LogP contribution in [0.15, 0.2) is 58.4 Å². The Hall–Kier alpha value is -2.34. The Bertz CT molecular complexity index is 810. The number of amidine groups is 1. The van der Waals surface area contributed by atoms with Gasteiger partial charge in [0, 0.05) is 10.0 Å². The van der Waals surface area contributed by atoms with E-state index in [-0.39, 0.29) is 5.84 Å². The Balaban J connectivity index is 2.29. The molecule has 1 heterocycles. The molecule has 0 fully saturated rings. The van der Waals surface area contributed by atoms with Crippen LogP contribution in [0, 0.1) is 0 Å². The monoisotopic (exact) mass is 330 g/mol. The van der Waals surface area contributed by atoms with Crippen LogP contribution in [0.3, 0.4) is 0 Å². The van der Waals surface area contributed by atoms with Gasteiger partial charge < -0.3 is 10.9 Å². The number of rotatable bonds is 2. The molecule has 20 heavy (non-hydrogen) atoms. The van der Waals surface area contributed by atoms with Crippen molar-refractivity contribution in [3.63, 3.8) is 0 Å². The van der Waals surface area contributed by atoms with Crippen molar-refractivity contribution < 1.29 is 5.21 Å². The molecule has 0 saturated carbocycles. The van der Waals surface area contributed by atoms with E-state index in [0.717, 1.165) is 21.2 Å². The molecule has 0 amide bonds. The fourth-order valence-corrected chi connectivity index (χ4v) is 2.49. The average molecular weight is 331 g/mol. The summed E-state index contributed by atoms with van der Waals surface area (Å²) in [5.41, 5.74) is 9.04. The molecule has 0 bridgehead atoms. The van der Waals surface area contributed by atoms with Crippen LogP contribution < -0.4 is 5.73 Å². The van der Waals surface area contributed by atoms with Gasteiger partial charge in [0.15, 0.2) is 5.84 Å². The van der Waals surface area contributed by atoms with E-state index in [1.165, 1.54) is 0 Å². The average Bonchev–Trinajstić information content (AvgIpc) is 2.90. The Morgan fingerprint density at radius 1 is 1.25 bits per heavy atom. The maximum Gasteiger partial charge on any atom is 0.172 e. The third-order valence-electron chi connectivity index (χ3n) is 3.06. The van der Waals surface area contributed by atoms with E-state index in [0.29, 0.717) is 5.56 Å². The third kappa shape index (κ3) is 2.04. The zero-order valence-corrected chi connectivity index (χ0v) is 11.9. The van der Waals surface area contributed by atoms with Crippen LogP contribution in [-0.4, -0.2) is 20.6 Å². The van der Waals surface area contributed by atoms with Crippen molar-refractivity contribution in [2.75, 3.05) is 0 Å². The number of oxime groups is 1. The van der Waals surface area contributed by atoms with Crippen LogP contribution in [0.4, 0.5) is 0 Å². The molecular formula is C14H11BrN4O. The van der Waals surface area contributed by atoms with Crippen LogP contribution >= 0.6 is 15.9 Å². The normalized spacial score (nSPS) is 11.9. The number of halogens is 1. The number of fused-ring (bicyclic) bond motifs is 1. The number of imidazole rings is 1. The zero-order chi connectivity index (χ0) is 14.1. The minimum absolute atomic E-state index is 0.0547. The first kappa shape index (κ1) is 12.7. The molecule has 0 atom stereocenters. The molecule has 3 rings (SSSR count). The largest absolute Gasteiger partial charge is 0.409 e. The molecule has 5 nitrogen and oxygen atoms in total. The van der Waals surface area contributed by atoms with Crippen molar-refractivity contribution in [2.45, 2.75) is 0 Å². The molecule has 0 aliphatic rings. The highest BCUT2D eigenvalue weighted by Gasteiger charge is 2.12. The van der Waals surface area contributed by atoms with Gasteiger partial charge in [0.1, 0.15) is 6.33 Å². The quantitative estimate of drug-likeness (QED) is 0.328. The van der Waals surface area contributed by atoms with E-state index in [1.54, 1.807) is 12.4 Å². The highest BCUT2D eigenvalue weighted by molar-refractivity contribution is 9.10. The molecule has 0 saturated heterocycles. The second-order valence-corrected chi connectivity index (χ2v) is 5.17. The lowest BCUT2D eigenvalue weighted by atomic mass is 10.1. The lowest BCUT2D eigenvalue weighted by molar-refractivity contribution is 0.318. The third-order valence-corrected chi connectivity index (χ3v) is 3.55. The number of hydrogen-bond donors (Lipinski definition) is 2. The second kappa shape index (κ2) is 4.97. The van der Waals surface area contributed by atoms with E-state index in [2.05, 4.69) is 26.1 Å². The van der Waals surface area contributed by atoms with Crippen LogP contribution in [0.5, 0.6) is 0 Å². The van der Waals surface area contributed by atoms with E-state index in [4.69, 9.17) is 10.9 Å². The molecule has 100 valence electrons. The summed E-state index contributed by atoms with van der Waals surface area (Å²) in [5, 5.41) is 12.0. The van der Waals surface area contributed by atoms with Gasteiger partial charge in [-0.15, -0.1) is 0 Å². The van der Waals surface area contributed by atoms with Gasteiger partial charge in [-0.2, -0.15) is 0 Å². The van der Waals surface area contributed by atoms with Crippen LogP contribution in [-0.2, 0) is 0 Å². The van der Waals surface area contributed by atoms with Gasteiger partial charge >= 0.3 is 0 Å². The molecule has 2 aromatic carbocycles. The first-order chi connectivity index (χ1) is 9.70. The first-order valence-corrected chi connectivity index (χ1v) is 6.70. The van der Waals surface area contributed by atoms with E-state index >= 15 is 0 Å². The second-order valence-electron chi connectivity index (χ2n) is 4.25. The SMILES string of the molecule is N/C(=N/O)c1cc(Br)ccc1-n1cnc2ccccc21. The standard InChI is InChI=1S/C14H11BrN4O/c15-9-5-6-12(10(7-9)14(16)18-20)19-8-17-11-3-1-2-4-13(11)19/h1-8,20H,(H2,16,18). The lowest BCUT2D eigenvalue weighted by Gasteiger charge is -2.10. The molecule has 0 spiro atoms. The number of para-hydroxylation sites is 2. The summed E-state index contributed by atoms with van der Waals surface area (Å²) in [6.45, 7) is 0. The summed E-state index contributed by atoms with van der Waals surface area (Å²) >= 11 is 3.39. The van der Waals surface area contributed by atoms with Crippen LogP contribution in [0.25, 0.3) is 16.7 Å². The molecule has 6 heteroatoms. The maximum atomic E-state index is 8.94. The number of hydrogen-bond acceptors (Lipinski definition) is 3. The summed E-state index contributed by atoms with van der Waals surface area (Å²) in [4.78, 5) is 4.35. The minimum Gasteiger partial charge on any atom is -0.409 e. The van der Waals surface area contributed by atoms with Gasteiger partial charge in [-0.3, -0.25) is 4.57 Å². The van der Waals surface area contributed by atoms with Crippen LogP contribution in [0.2, 0.25) is 0 Å².